The SMILES string of the molecule is O=C(NC[C@@H]1CCN(CCO)C1)OCc1ccccc1. The molecule has 1 atom stereocenters. The molecule has 0 saturated carbocycles. The quantitative estimate of drug-likeness (QED) is 0.821. The third kappa shape index (κ3) is 4.83. The monoisotopic (exact) mass is 278 g/mol. The molecule has 0 aromatic heterocycles. The van der Waals surface area contributed by atoms with Gasteiger partial charge in [-0.05, 0) is 24.4 Å². The van der Waals surface area contributed by atoms with Crippen molar-refractivity contribution < 1.29 is 14.6 Å². The van der Waals surface area contributed by atoms with Crippen molar-refractivity contribution in [3.8, 4) is 0 Å². The van der Waals surface area contributed by atoms with Gasteiger partial charge in [0.2, 0.25) is 0 Å². The molecule has 2 N–H and O–H groups in total. The molecule has 1 amide bonds. The molecule has 1 aliphatic heterocycles. The number of rotatable bonds is 6. The molecule has 0 aliphatic carbocycles. The number of β-amino-alcohol motifs (C(OH)–C–C–N with tert-alkyl or cyclic N) is 1. The van der Waals surface area contributed by atoms with E-state index in [0.29, 0.717) is 19.1 Å². The molecule has 0 spiro atoms. The normalized spacial score (nSPS) is 18.9. The number of carbonyl (C=O) groups excluding carboxylic acids is 1. The summed E-state index contributed by atoms with van der Waals surface area (Å²) >= 11 is 0. The van der Waals surface area contributed by atoms with E-state index < -0.39 is 0 Å². The molecule has 0 unspecified atom stereocenters. The summed E-state index contributed by atoms with van der Waals surface area (Å²) in [6, 6.07) is 9.63. The van der Waals surface area contributed by atoms with Crippen molar-refractivity contribution in [1.29, 1.82) is 0 Å². The van der Waals surface area contributed by atoms with Gasteiger partial charge >= 0.3 is 6.09 Å². The molecular formula is C15H22N2O3. The van der Waals surface area contributed by atoms with Crippen molar-refractivity contribution in [2.45, 2.75) is 13.0 Å². The molecule has 0 bridgehead atoms. The number of hydrogen-bond donors (Lipinski definition) is 2. The zero-order chi connectivity index (χ0) is 14.2. The first-order chi connectivity index (χ1) is 9.78. The minimum atomic E-state index is -0.366. The van der Waals surface area contributed by atoms with E-state index in [1.165, 1.54) is 0 Å². The molecule has 1 aromatic rings. The summed E-state index contributed by atoms with van der Waals surface area (Å²) in [5, 5.41) is 11.7. The summed E-state index contributed by atoms with van der Waals surface area (Å²) < 4.78 is 5.16. The standard InChI is InChI=1S/C15H22N2O3/c18-9-8-17-7-6-14(11-17)10-16-15(19)20-12-13-4-2-1-3-5-13/h1-5,14,18H,6-12H2,(H,16,19)/t14-/m0/s1. The van der Waals surface area contributed by atoms with Crippen LogP contribution in [0.15, 0.2) is 30.3 Å². The smallest absolute Gasteiger partial charge is 0.407 e. The van der Waals surface area contributed by atoms with E-state index in [1.807, 2.05) is 30.3 Å². The van der Waals surface area contributed by atoms with Crippen LogP contribution in [0.25, 0.3) is 0 Å². The van der Waals surface area contributed by atoms with Gasteiger partial charge in [0, 0.05) is 19.6 Å². The Morgan fingerprint density at radius 1 is 1.40 bits per heavy atom. The van der Waals surface area contributed by atoms with Crippen molar-refractivity contribution in [2.75, 3.05) is 32.8 Å². The maximum Gasteiger partial charge on any atom is 0.407 e. The predicted molar refractivity (Wildman–Crippen MR) is 76.3 cm³/mol. The number of amides is 1. The van der Waals surface area contributed by atoms with E-state index in [-0.39, 0.29) is 12.7 Å². The number of alkyl carbamates (subject to hydrolysis) is 1. The van der Waals surface area contributed by atoms with E-state index in [9.17, 15) is 4.79 Å². The van der Waals surface area contributed by atoms with Crippen LogP contribution in [0.3, 0.4) is 0 Å². The van der Waals surface area contributed by atoms with Crippen LogP contribution < -0.4 is 5.32 Å². The first-order valence-electron chi connectivity index (χ1n) is 7.05. The zero-order valence-electron chi connectivity index (χ0n) is 11.6. The van der Waals surface area contributed by atoms with Crippen LogP contribution in [0, 0.1) is 5.92 Å². The Morgan fingerprint density at radius 2 is 2.20 bits per heavy atom. The van der Waals surface area contributed by atoms with E-state index in [2.05, 4.69) is 10.2 Å². The van der Waals surface area contributed by atoms with Crippen LogP contribution in [0.1, 0.15) is 12.0 Å². The molecule has 1 saturated heterocycles. The Balaban J connectivity index is 1.61. The first-order valence-corrected chi connectivity index (χ1v) is 7.05. The number of aliphatic hydroxyl groups is 1. The summed E-state index contributed by atoms with van der Waals surface area (Å²) in [6.07, 6.45) is 0.688. The number of nitrogens with zero attached hydrogens (tertiary/aromatic N) is 1. The summed E-state index contributed by atoms with van der Waals surface area (Å²) in [5.74, 6) is 0.450. The Morgan fingerprint density at radius 3 is 2.95 bits per heavy atom. The number of likely N-dealkylation sites (tertiary alicyclic amines) is 1. The highest BCUT2D eigenvalue weighted by molar-refractivity contribution is 5.67. The summed E-state index contributed by atoms with van der Waals surface area (Å²) in [5.41, 5.74) is 0.984. The van der Waals surface area contributed by atoms with Gasteiger partial charge in [-0.2, -0.15) is 0 Å². The van der Waals surface area contributed by atoms with Crippen LogP contribution in [0.2, 0.25) is 0 Å². The van der Waals surface area contributed by atoms with Gasteiger partial charge in [0.05, 0.1) is 6.61 Å². The van der Waals surface area contributed by atoms with Crippen LogP contribution in [-0.2, 0) is 11.3 Å². The minimum absolute atomic E-state index is 0.194. The van der Waals surface area contributed by atoms with Gasteiger partial charge in [0.25, 0.3) is 0 Å². The molecule has 1 fully saturated rings. The van der Waals surface area contributed by atoms with Gasteiger partial charge in [-0.1, -0.05) is 30.3 Å². The highest BCUT2D eigenvalue weighted by Gasteiger charge is 2.22. The fraction of sp³-hybridized carbons (Fsp3) is 0.533. The molecular weight excluding hydrogens is 256 g/mol. The number of aliphatic hydroxyl groups excluding tert-OH is 1. The maximum atomic E-state index is 11.6. The highest BCUT2D eigenvalue weighted by atomic mass is 16.5. The summed E-state index contributed by atoms with van der Waals surface area (Å²) in [7, 11) is 0. The average molecular weight is 278 g/mol. The average Bonchev–Trinajstić information content (AvgIpc) is 2.92. The first kappa shape index (κ1) is 14.8. The largest absolute Gasteiger partial charge is 0.445 e. The summed E-state index contributed by atoms with van der Waals surface area (Å²) in [6.45, 7) is 3.77. The Hall–Kier alpha value is -1.59. The van der Waals surface area contributed by atoms with Gasteiger partial charge in [-0.25, -0.2) is 4.79 Å². The number of benzene rings is 1. The van der Waals surface area contributed by atoms with Crippen molar-refractivity contribution >= 4 is 6.09 Å². The molecule has 1 aliphatic rings. The van der Waals surface area contributed by atoms with Crippen LogP contribution in [0.5, 0.6) is 0 Å². The fourth-order valence-corrected chi connectivity index (χ4v) is 2.43. The second-order valence-corrected chi connectivity index (χ2v) is 5.12. The molecule has 0 radical (unpaired) electrons. The topological polar surface area (TPSA) is 61.8 Å². The van der Waals surface area contributed by atoms with Gasteiger partial charge in [-0.15, -0.1) is 0 Å². The van der Waals surface area contributed by atoms with Crippen molar-refractivity contribution in [1.82, 2.24) is 10.2 Å². The number of carbonyl (C=O) groups is 1. The molecule has 1 heterocycles. The van der Waals surface area contributed by atoms with Crippen molar-refractivity contribution in [2.24, 2.45) is 5.92 Å². The van der Waals surface area contributed by atoms with Crippen LogP contribution in [0.4, 0.5) is 4.79 Å². The second kappa shape index (κ2) is 7.87. The second-order valence-electron chi connectivity index (χ2n) is 5.12. The van der Waals surface area contributed by atoms with E-state index >= 15 is 0 Å². The lowest BCUT2D eigenvalue weighted by Gasteiger charge is -2.14. The Bertz CT molecular complexity index is 411. The van der Waals surface area contributed by atoms with E-state index in [4.69, 9.17) is 9.84 Å². The number of nitrogens with one attached hydrogen (secondary N) is 1. The fourth-order valence-electron chi connectivity index (χ4n) is 2.43. The predicted octanol–water partition coefficient (Wildman–Crippen LogP) is 1.23. The molecule has 5 heteroatoms. The maximum absolute atomic E-state index is 11.6. The van der Waals surface area contributed by atoms with E-state index in [0.717, 1.165) is 31.6 Å². The highest BCUT2D eigenvalue weighted by Crippen LogP contribution is 2.14. The molecule has 20 heavy (non-hydrogen) atoms. The van der Waals surface area contributed by atoms with Crippen LogP contribution >= 0.6 is 0 Å². The lowest BCUT2D eigenvalue weighted by Crippen LogP contribution is -2.32. The number of hydrogen-bond acceptors (Lipinski definition) is 4. The Kier molecular flexibility index (Phi) is 5.83. The molecule has 110 valence electrons. The van der Waals surface area contributed by atoms with Gasteiger partial charge < -0.3 is 20.1 Å². The Labute approximate surface area is 119 Å². The van der Waals surface area contributed by atoms with Gasteiger partial charge in [0.1, 0.15) is 6.61 Å². The third-order valence-electron chi connectivity index (χ3n) is 3.53. The number of ether oxygens (including phenoxy) is 1. The third-order valence-corrected chi connectivity index (χ3v) is 3.53. The van der Waals surface area contributed by atoms with Crippen LogP contribution in [-0.4, -0.2) is 48.9 Å². The lowest BCUT2D eigenvalue weighted by molar-refractivity contribution is 0.138. The van der Waals surface area contributed by atoms with Crippen molar-refractivity contribution in [3.63, 3.8) is 0 Å². The van der Waals surface area contributed by atoms with Gasteiger partial charge in [0.15, 0.2) is 0 Å². The zero-order valence-corrected chi connectivity index (χ0v) is 11.6. The molecule has 2 rings (SSSR count). The molecule has 5 nitrogen and oxygen atoms in total. The molecule has 1 aromatic carbocycles. The lowest BCUT2D eigenvalue weighted by atomic mass is 10.1. The summed E-state index contributed by atoms with van der Waals surface area (Å²) in [4.78, 5) is 13.8. The van der Waals surface area contributed by atoms with Crippen molar-refractivity contribution in [3.05, 3.63) is 35.9 Å². The minimum Gasteiger partial charge on any atom is -0.445 e. The van der Waals surface area contributed by atoms with Gasteiger partial charge in [-0.3, -0.25) is 0 Å². The van der Waals surface area contributed by atoms with E-state index in [1.54, 1.807) is 0 Å².